The van der Waals surface area contributed by atoms with Crippen molar-refractivity contribution in [2.45, 2.75) is 0 Å². The molecule has 2 heterocycles. The van der Waals surface area contributed by atoms with E-state index >= 15 is 0 Å². The van der Waals surface area contributed by atoms with Crippen LogP contribution in [0.4, 0.5) is 10.1 Å². The molecule has 0 spiro atoms. The summed E-state index contributed by atoms with van der Waals surface area (Å²) in [5.41, 5.74) is 3.66. The Morgan fingerprint density at radius 1 is 1.19 bits per heavy atom. The summed E-state index contributed by atoms with van der Waals surface area (Å²) in [4.78, 5) is 9.66. The topological polar surface area (TPSA) is 64.9 Å². The highest BCUT2D eigenvalue weighted by atomic mass is 19.1. The molecule has 0 amide bonds. The second-order valence-corrected chi connectivity index (χ2v) is 6.11. The molecule has 4 rings (SSSR count). The Morgan fingerprint density at radius 3 is 2.69 bits per heavy atom. The maximum Gasteiger partial charge on any atom is 0.149 e. The number of morpholine rings is 1. The van der Waals surface area contributed by atoms with Gasteiger partial charge in [0, 0.05) is 18.8 Å². The van der Waals surface area contributed by atoms with Crippen molar-refractivity contribution in [2.75, 3.05) is 31.2 Å². The third kappa shape index (κ3) is 3.30. The van der Waals surface area contributed by atoms with Gasteiger partial charge in [0.05, 0.1) is 29.8 Å². The zero-order chi connectivity index (χ0) is 17.9. The average molecular weight is 348 g/mol. The molecular formula is C20H17FN4O. The minimum Gasteiger partial charge on any atom is -0.378 e. The number of hydrogen-bond donors (Lipinski definition) is 1. The predicted molar refractivity (Wildman–Crippen MR) is 99.0 cm³/mol. The number of nitrogens with one attached hydrogen (secondary N) is 1. The van der Waals surface area contributed by atoms with Gasteiger partial charge >= 0.3 is 0 Å². The van der Waals surface area contributed by atoms with Crippen LogP contribution in [-0.4, -0.2) is 36.3 Å². The first-order valence-electron chi connectivity index (χ1n) is 8.43. The molecule has 26 heavy (non-hydrogen) atoms. The zero-order valence-corrected chi connectivity index (χ0v) is 14.1. The van der Waals surface area contributed by atoms with Crippen LogP contribution in [0.3, 0.4) is 0 Å². The quantitative estimate of drug-likeness (QED) is 0.735. The lowest BCUT2D eigenvalue weighted by atomic mass is 10.1. The zero-order valence-electron chi connectivity index (χ0n) is 14.1. The van der Waals surface area contributed by atoms with Crippen molar-refractivity contribution in [1.29, 1.82) is 5.26 Å². The fourth-order valence-corrected chi connectivity index (χ4v) is 3.03. The summed E-state index contributed by atoms with van der Waals surface area (Å²) in [6.45, 7) is 3.25. The molecule has 0 atom stereocenters. The fraction of sp³-hybridized carbons (Fsp3) is 0.200. The van der Waals surface area contributed by atoms with Crippen LogP contribution in [-0.2, 0) is 4.74 Å². The third-order valence-corrected chi connectivity index (χ3v) is 4.40. The first-order chi connectivity index (χ1) is 12.7. The summed E-state index contributed by atoms with van der Waals surface area (Å²) in [6.07, 6.45) is 1.77. The van der Waals surface area contributed by atoms with Crippen molar-refractivity contribution in [1.82, 2.24) is 9.97 Å². The van der Waals surface area contributed by atoms with Crippen molar-refractivity contribution < 1.29 is 9.13 Å². The standard InChI is InChI=1S/C20H17FN4O/c21-16-3-6-18-19(12-16)24-20(23-18)15(13-22)11-14-1-4-17(5-2-14)25-7-9-26-10-8-25/h1-6,11-12H,7-10H2,(H,23,24)/b15-11-. The lowest BCUT2D eigenvalue weighted by Gasteiger charge is -2.28. The van der Waals surface area contributed by atoms with E-state index in [4.69, 9.17) is 4.74 Å². The van der Waals surface area contributed by atoms with E-state index in [1.807, 2.05) is 24.3 Å². The molecule has 0 radical (unpaired) electrons. The smallest absolute Gasteiger partial charge is 0.149 e. The Morgan fingerprint density at radius 2 is 1.96 bits per heavy atom. The van der Waals surface area contributed by atoms with Crippen LogP contribution in [0.2, 0.25) is 0 Å². The average Bonchev–Trinajstić information content (AvgIpc) is 3.10. The van der Waals surface area contributed by atoms with Crippen molar-refractivity contribution in [3.63, 3.8) is 0 Å². The molecule has 1 saturated heterocycles. The van der Waals surface area contributed by atoms with Crippen LogP contribution in [0.15, 0.2) is 42.5 Å². The highest BCUT2D eigenvalue weighted by Crippen LogP contribution is 2.22. The van der Waals surface area contributed by atoms with Crippen molar-refractivity contribution in [3.8, 4) is 6.07 Å². The number of imidazole rings is 1. The number of allylic oxidation sites excluding steroid dienone is 1. The molecule has 5 nitrogen and oxygen atoms in total. The van der Waals surface area contributed by atoms with Gasteiger partial charge in [0.25, 0.3) is 0 Å². The maximum absolute atomic E-state index is 13.3. The lowest BCUT2D eigenvalue weighted by Crippen LogP contribution is -2.36. The van der Waals surface area contributed by atoms with Gasteiger partial charge in [-0.05, 0) is 42.0 Å². The van der Waals surface area contributed by atoms with E-state index in [2.05, 4.69) is 20.9 Å². The number of fused-ring (bicyclic) bond motifs is 1. The first-order valence-corrected chi connectivity index (χ1v) is 8.43. The molecule has 1 aromatic heterocycles. The Kier molecular flexibility index (Phi) is 4.38. The summed E-state index contributed by atoms with van der Waals surface area (Å²) >= 11 is 0. The van der Waals surface area contributed by atoms with Gasteiger partial charge in [-0.15, -0.1) is 0 Å². The number of nitriles is 1. The fourth-order valence-electron chi connectivity index (χ4n) is 3.03. The molecule has 1 aliphatic rings. The van der Waals surface area contributed by atoms with Gasteiger partial charge in [-0.2, -0.15) is 5.26 Å². The number of ether oxygens (including phenoxy) is 1. The number of anilines is 1. The number of hydrogen-bond acceptors (Lipinski definition) is 4. The molecule has 0 saturated carbocycles. The van der Waals surface area contributed by atoms with E-state index in [0.29, 0.717) is 22.4 Å². The van der Waals surface area contributed by atoms with Gasteiger partial charge in [0.1, 0.15) is 17.7 Å². The number of aromatic nitrogens is 2. The van der Waals surface area contributed by atoms with Crippen LogP contribution in [0.5, 0.6) is 0 Å². The Balaban J connectivity index is 1.61. The molecule has 0 bridgehead atoms. The number of nitrogens with zero attached hydrogens (tertiary/aromatic N) is 3. The van der Waals surface area contributed by atoms with Gasteiger partial charge in [0.15, 0.2) is 0 Å². The van der Waals surface area contributed by atoms with Crippen molar-refractivity contribution in [3.05, 3.63) is 59.7 Å². The Bertz CT molecular complexity index is 995. The van der Waals surface area contributed by atoms with Gasteiger partial charge in [-0.3, -0.25) is 0 Å². The summed E-state index contributed by atoms with van der Waals surface area (Å²) in [6, 6.07) is 14.5. The molecule has 2 aromatic carbocycles. The molecule has 0 aliphatic carbocycles. The largest absolute Gasteiger partial charge is 0.378 e. The molecule has 6 heteroatoms. The second kappa shape index (κ2) is 6.98. The minimum absolute atomic E-state index is 0.339. The molecular weight excluding hydrogens is 331 g/mol. The number of aromatic amines is 1. The normalized spacial score (nSPS) is 15.2. The van der Waals surface area contributed by atoms with Crippen molar-refractivity contribution >= 4 is 28.4 Å². The highest BCUT2D eigenvalue weighted by molar-refractivity contribution is 5.90. The number of rotatable bonds is 3. The monoisotopic (exact) mass is 348 g/mol. The highest BCUT2D eigenvalue weighted by Gasteiger charge is 2.11. The molecule has 1 N–H and O–H groups in total. The van der Waals surface area contributed by atoms with E-state index in [9.17, 15) is 9.65 Å². The Labute approximate surface area is 150 Å². The molecule has 0 unspecified atom stereocenters. The lowest BCUT2D eigenvalue weighted by molar-refractivity contribution is 0.122. The molecule has 1 aliphatic heterocycles. The third-order valence-electron chi connectivity index (χ3n) is 4.40. The summed E-state index contributed by atoms with van der Waals surface area (Å²) in [5.74, 6) is 0.0965. The predicted octanol–water partition coefficient (Wildman–Crippen LogP) is 3.60. The first kappa shape index (κ1) is 16.3. The van der Waals surface area contributed by atoms with Crippen LogP contribution >= 0.6 is 0 Å². The SMILES string of the molecule is N#C/C(=C/c1ccc(N2CCOCC2)cc1)c1nc2ccc(F)cc2[nH]1. The summed E-state index contributed by atoms with van der Waals surface area (Å²) in [7, 11) is 0. The van der Waals surface area contributed by atoms with Crippen LogP contribution in [0.25, 0.3) is 22.7 Å². The Hall–Kier alpha value is -3.17. The number of H-pyrrole nitrogens is 1. The second-order valence-electron chi connectivity index (χ2n) is 6.11. The minimum atomic E-state index is -0.339. The van der Waals surface area contributed by atoms with Gasteiger partial charge < -0.3 is 14.6 Å². The molecule has 3 aromatic rings. The van der Waals surface area contributed by atoms with E-state index < -0.39 is 0 Å². The van der Waals surface area contributed by atoms with Gasteiger partial charge in [-0.1, -0.05) is 12.1 Å². The van der Waals surface area contributed by atoms with Crippen LogP contribution in [0, 0.1) is 17.1 Å². The summed E-state index contributed by atoms with van der Waals surface area (Å²) in [5, 5.41) is 9.50. The van der Waals surface area contributed by atoms with Crippen LogP contribution in [0.1, 0.15) is 11.4 Å². The van der Waals surface area contributed by atoms with Crippen LogP contribution < -0.4 is 4.90 Å². The van der Waals surface area contributed by atoms with Gasteiger partial charge in [0.2, 0.25) is 0 Å². The van der Waals surface area contributed by atoms with Gasteiger partial charge in [-0.25, -0.2) is 9.37 Å². The van der Waals surface area contributed by atoms with E-state index in [-0.39, 0.29) is 5.82 Å². The van der Waals surface area contributed by atoms with E-state index in [1.165, 1.54) is 12.1 Å². The maximum atomic E-state index is 13.3. The van der Waals surface area contributed by atoms with E-state index in [0.717, 1.165) is 37.6 Å². The molecule has 130 valence electrons. The number of halogens is 1. The molecule has 1 fully saturated rings. The van der Waals surface area contributed by atoms with Crippen molar-refractivity contribution in [2.24, 2.45) is 0 Å². The summed E-state index contributed by atoms with van der Waals surface area (Å²) < 4.78 is 18.7. The number of benzene rings is 2. The van der Waals surface area contributed by atoms with E-state index in [1.54, 1.807) is 12.1 Å².